The molecule has 3 atom stereocenters. The van der Waals surface area contributed by atoms with E-state index in [4.69, 9.17) is 4.74 Å². The molecule has 0 radical (unpaired) electrons. The Bertz CT molecular complexity index is 623. The molecule has 4 heterocycles. The van der Waals surface area contributed by atoms with Crippen LogP contribution in [-0.2, 0) is 21.4 Å². The van der Waals surface area contributed by atoms with Gasteiger partial charge in [-0.3, -0.25) is 14.3 Å². The zero-order chi connectivity index (χ0) is 16.0. The van der Waals surface area contributed by atoms with E-state index < -0.39 is 0 Å². The van der Waals surface area contributed by atoms with Crippen LogP contribution >= 0.6 is 0 Å². The summed E-state index contributed by atoms with van der Waals surface area (Å²) in [5.41, 5.74) is 0.832. The van der Waals surface area contributed by atoms with Gasteiger partial charge in [-0.2, -0.15) is 5.10 Å². The van der Waals surface area contributed by atoms with Crippen LogP contribution in [0, 0.1) is 0 Å². The fourth-order valence-electron chi connectivity index (χ4n) is 4.16. The van der Waals surface area contributed by atoms with Crippen LogP contribution in [0.25, 0.3) is 0 Å². The van der Waals surface area contributed by atoms with Gasteiger partial charge in [0.05, 0.1) is 24.0 Å². The molecule has 0 saturated carbocycles. The molecule has 0 spiro atoms. The van der Waals surface area contributed by atoms with Gasteiger partial charge in [-0.1, -0.05) is 0 Å². The minimum atomic E-state index is -0.279. The quantitative estimate of drug-likeness (QED) is 0.805. The third kappa shape index (κ3) is 2.43. The van der Waals surface area contributed by atoms with Crippen LogP contribution in [0.2, 0.25) is 0 Å². The van der Waals surface area contributed by atoms with Crippen LogP contribution in [-0.4, -0.2) is 57.8 Å². The van der Waals surface area contributed by atoms with E-state index in [2.05, 4.69) is 5.10 Å². The summed E-state index contributed by atoms with van der Waals surface area (Å²) in [6, 6.07) is 0.162. The van der Waals surface area contributed by atoms with Crippen molar-refractivity contribution in [1.82, 2.24) is 14.7 Å². The number of anilines is 1. The molecule has 4 rings (SSSR count). The first-order valence-electron chi connectivity index (χ1n) is 8.38. The zero-order valence-electron chi connectivity index (χ0n) is 13.4. The molecule has 0 bridgehead atoms. The van der Waals surface area contributed by atoms with Crippen molar-refractivity contribution < 1.29 is 14.3 Å². The second kappa shape index (κ2) is 5.63. The summed E-state index contributed by atoms with van der Waals surface area (Å²) in [5.74, 6) is 0.237. The van der Waals surface area contributed by atoms with Crippen molar-refractivity contribution in [3.8, 4) is 0 Å². The van der Waals surface area contributed by atoms with Gasteiger partial charge in [-0.25, -0.2) is 0 Å². The van der Waals surface area contributed by atoms with Crippen LogP contribution in [0.4, 0.5) is 5.69 Å². The van der Waals surface area contributed by atoms with Gasteiger partial charge in [0, 0.05) is 32.8 Å². The number of hydrogen-bond donors (Lipinski definition) is 0. The summed E-state index contributed by atoms with van der Waals surface area (Å²) in [6.07, 6.45) is 7.14. The van der Waals surface area contributed by atoms with Gasteiger partial charge < -0.3 is 14.5 Å². The molecule has 23 heavy (non-hydrogen) atoms. The number of piperidine rings is 1. The SMILES string of the molecule is Cn1cc(N2C(=O)CC[C@@H]3[C@H]2CCN3C(=O)[C@H]2CCCO2)cn1. The minimum absolute atomic E-state index is 0.0609. The van der Waals surface area contributed by atoms with Crippen LogP contribution < -0.4 is 4.90 Å². The van der Waals surface area contributed by atoms with Crippen LogP contribution in [0.5, 0.6) is 0 Å². The predicted octanol–water partition coefficient (Wildman–Crippen LogP) is 0.695. The maximum atomic E-state index is 12.7. The fraction of sp³-hybridized carbons (Fsp3) is 0.688. The molecule has 2 amide bonds. The van der Waals surface area contributed by atoms with Gasteiger partial charge in [0.15, 0.2) is 0 Å². The third-order valence-corrected chi connectivity index (χ3v) is 5.22. The van der Waals surface area contributed by atoms with Crippen LogP contribution in [0.15, 0.2) is 12.4 Å². The Morgan fingerprint density at radius 2 is 2.17 bits per heavy atom. The second-order valence-electron chi connectivity index (χ2n) is 6.63. The number of carbonyl (C=O) groups excluding carboxylic acids is 2. The molecule has 7 heteroatoms. The fourth-order valence-corrected chi connectivity index (χ4v) is 4.16. The van der Waals surface area contributed by atoms with Crippen molar-refractivity contribution in [3.63, 3.8) is 0 Å². The Hall–Kier alpha value is -1.89. The molecule has 3 fully saturated rings. The van der Waals surface area contributed by atoms with Crippen molar-refractivity contribution in [1.29, 1.82) is 0 Å². The Labute approximate surface area is 135 Å². The van der Waals surface area contributed by atoms with E-state index in [9.17, 15) is 9.59 Å². The number of rotatable bonds is 2. The molecule has 7 nitrogen and oxygen atoms in total. The summed E-state index contributed by atoms with van der Waals surface area (Å²) in [4.78, 5) is 29.0. The maximum absolute atomic E-state index is 12.7. The van der Waals surface area contributed by atoms with Crippen LogP contribution in [0.3, 0.4) is 0 Å². The Morgan fingerprint density at radius 1 is 1.30 bits per heavy atom. The number of aryl methyl sites for hydroxylation is 1. The maximum Gasteiger partial charge on any atom is 0.252 e. The number of fused-ring (bicyclic) bond motifs is 1. The second-order valence-corrected chi connectivity index (χ2v) is 6.63. The summed E-state index contributed by atoms with van der Waals surface area (Å²) in [5, 5.41) is 4.18. The highest BCUT2D eigenvalue weighted by molar-refractivity contribution is 5.95. The van der Waals surface area contributed by atoms with E-state index in [1.807, 2.05) is 23.0 Å². The molecule has 3 aliphatic heterocycles. The van der Waals surface area contributed by atoms with E-state index in [1.54, 1.807) is 10.9 Å². The van der Waals surface area contributed by atoms with Crippen molar-refractivity contribution in [2.45, 2.75) is 50.3 Å². The van der Waals surface area contributed by atoms with E-state index in [0.29, 0.717) is 19.6 Å². The Kier molecular flexibility index (Phi) is 3.60. The van der Waals surface area contributed by atoms with Crippen molar-refractivity contribution in [2.75, 3.05) is 18.1 Å². The van der Waals surface area contributed by atoms with E-state index in [1.165, 1.54) is 0 Å². The topological polar surface area (TPSA) is 67.7 Å². The van der Waals surface area contributed by atoms with E-state index in [-0.39, 0.29) is 30.0 Å². The third-order valence-electron chi connectivity index (χ3n) is 5.22. The smallest absolute Gasteiger partial charge is 0.252 e. The summed E-state index contributed by atoms with van der Waals surface area (Å²) < 4.78 is 7.26. The van der Waals surface area contributed by atoms with Crippen LogP contribution in [0.1, 0.15) is 32.1 Å². The molecule has 0 N–H and O–H groups in total. The van der Waals surface area contributed by atoms with Gasteiger partial charge >= 0.3 is 0 Å². The normalized spacial score (nSPS) is 30.8. The van der Waals surface area contributed by atoms with Gasteiger partial charge in [0.1, 0.15) is 6.10 Å². The zero-order valence-corrected chi connectivity index (χ0v) is 13.4. The number of ether oxygens (including phenoxy) is 1. The lowest BCUT2D eigenvalue weighted by Gasteiger charge is -2.39. The molecular formula is C16H22N4O3. The van der Waals surface area contributed by atoms with Crippen molar-refractivity contribution in [2.24, 2.45) is 7.05 Å². The highest BCUT2D eigenvalue weighted by atomic mass is 16.5. The molecule has 124 valence electrons. The number of carbonyl (C=O) groups is 2. The van der Waals surface area contributed by atoms with Gasteiger partial charge in [0.25, 0.3) is 5.91 Å². The largest absolute Gasteiger partial charge is 0.368 e. The monoisotopic (exact) mass is 318 g/mol. The summed E-state index contributed by atoms with van der Waals surface area (Å²) >= 11 is 0. The van der Waals surface area contributed by atoms with E-state index in [0.717, 1.165) is 31.4 Å². The Balaban J connectivity index is 1.56. The predicted molar refractivity (Wildman–Crippen MR) is 82.8 cm³/mol. The molecule has 0 aliphatic carbocycles. The summed E-state index contributed by atoms with van der Waals surface area (Å²) in [7, 11) is 1.84. The first kappa shape index (κ1) is 14.7. The minimum Gasteiger partial charge on any atom is -0.368 e. The van der Waals surface area contributed by atoms with Gasteiger partial charge in [-0.05, 0) is 25.7 Å². The lowest BCUT2D eigenvalue weighted by Crippen LogP contribution is -2.54. The van der Waals surface area contributed by atoms with E-state index >= 15 is 0 Å². The molecule has 0 unspecified atom stereocenters. The number of hydrogen-bond acceptors (Lipinski definition) is 4. The molecule has 3 aliphatic rings. The average molecular weight is 318 g/mol. The van der Waals surface area contributed by atoms with Gasteiger partial charge in [0.2, 0.25) is 5.91 Å². The number of aromatic nitrogens is 2. The number of nitrogens with zero attached hydrogens (tertiary/aromatic N) is 4. The molecule has 1 aromatic heterocycles. The van der Waals surface area contributed by atoms with Crippen molar-refractivity contribution >= 4 is 17.5 Å². The molecular weight excluding hydrogens is 296 g/mol. The molecule has 1 aromatic rings. The Morgan fingerprint density at radius 3 is 2.87 bits per heavy atom. The molecule has 0 aromatic carbocycles. The lowest BCUT2D eigenvalue weighted by atomic mass is 9.95. The number of amides is 2. The van der Waals surface area contributed by atoms with Crippen molar-refractivity contribution in [3.05, 3.63) is 12.4 Å². The highest BCUT2D eigenvalue weighted by Crippen LogP contribution is 2.35. The first-order valence-corrected chi connectivity index (χ1v) is 8.38. The average Bonchev–Trinajstić information content (AvgIpc) is 3.26. The standard InChI is InChI=1S/C16H22N4O3/c1-18-10-11(9-17-18)20-13-6-7-19(12(13)4-5-15(20)21)16(22)14-3-2-8-23-14/h9-10,12-14H,2-8H2,1H3/t12-,13-,14-/m1/s1. The first-order chi connectivity index (χ1) is 11.1. The number of likely N-dealkylation sites (tertiary alicyclic amines) is 1. The lowest BCUT2D eigenvalue weighted by molar-refractivity contribution is -0.142. The van der Waals surface area contributed by atoms with Gasteiger partial charge in [-0.15, -0.1) is 0 Å². The highest BCUT2D eigenvalue weighted by Gasteiger charge is 2.47. The molecule has 3 saturated heterocycles. The summed E-state index contributed by atoms with van der Waals surface area (Å²) in [6.45, 7) is 1.39.